The minimum absolute atomic E-state index is 0.0772. The Labute approximate surface area is 184 Å². The molecule has 1 atom stereocenters. The fourth-order valence-corrected chi connectivity index (χ4v) is 3.83. The van der Waals surface area contributed by atoms with E-state index < -0.39 is 23.4 Å². The van der Waals surface area contributed by atoms with Gasteiger partial charge < -0.3 is 19.7 Å². The molecule has 1 heterocycles. The molecule has 2 aromatic carbocycles. The second-order valence-corrected chi connectivity index (χ2v) is 7.87. The van der Waals surface area contributed by atoms with Crippen molar-refractivity contribution in [2.45, 2.75) is 25.6 Å². The minimum atomic E-state index is -4.60. The van der Waals surface area contributed by atoms with Crippen molar-refractivity contribution in [3.05, 3.63) is 69.3 Å². The lowest BCUT2D eigenvalue weighted by Crippen LogP contribution is -2.44. The van der Waals surface area contributed by atoms with Crippen LogP contribution in [0.5, 0.6) is 5.75 Å². The zero-order valence-corrected chi connectivity index (χ0v) is 18.3. The zero-order chi connectivity index (χ0) is 23.0. The number of hydrogen-bond acceptors (Lipinski definition) is 4. The maximum Gasteiger partial charge on any atom is 0.416 e. The molecule has 2 N–H and O–H groups in total. The third kappa shape index (κ3) is 4.39. The van der Waals surface area contributed by atoms with E-state index in [4.69, 9.17) is 9.26 Å². The Balaban J connectivity index is 2.29. The van der Waals surface area contributed by atoms with E-state index in [9.17, 15) is 23.1 Å². The van der Waals surface area contributed by atoms with Crippen molar-refractivity contribution in [2.75, 3.05) is 7.11 Å². The maximum absolute atomic E-state index is 13.3. The first kappa shape index (κ1) is 22.7. The Morgan fingerprint density at radius 3 is 2.48 bits per heavy atom. The average molecular weight is 499 g/mol. The SMILES string of the molecule is COc1cc(Br)ccc1-c1onc(C)c1C(C)(NC(=O)O)c1cccc(C(F)(F)F)c1. The number of ether oxygens (including phenoxy) is 1. The molecule has 0 aliphatic rings. The van der Waals surface area contributed by atoms with Crippen LogP contribution in [0.3, 0.4) is 0 Å². The molecule has 0 aliphatic heterocycles. The molecule has 3 rings (SSSR count). The summed E-state index contributed by atoms with van der Waals surface area (Å²) in [5, 5.41) is 15.8. The molecule has 0 fully saturated rings. The highest BCUT2D eigenvalue weighted by molar-refractivity contribution is 9.10. The number of aryl methyl sites for hydroxylation is 1. The first-order chi connectivity index (χ1) is 14.5. The first-order valence-corrected chi connectivity index (χ1v) is 9.76. The van der Waals surface area contributed by atoms with Gasteiger partial charge in [-0.3, -0.25) is 0 Å². The summed E-state index contributed by atoms with van der Waals surface area (Å²) < 4.78 is 51.6. The smallest absolute Gasteiger partial charge is 0.416 e. The lowest BCUT2D eigenvalue weighted by molar-refractivity contribution is -0.137. The number of nitrogens with zero attached hydrogens (tertiary/aromatic N) is 1. The quantitative estimate of drug-likeness (QED) is 0.452. The molecule has 1 amide bonds. The van der Waals surface area contributed by atoms with Crippen LogP contribution in [-0.2, 0) is 11.7 Å². The van der Waals surface area contributed by atoms with E-state index >= 15 is 0 Å². The number of benzene rings is 2. The number of methoxy groups -OCH3 is 1. The Hall–Kier alpha value is -3.01. The van der Waals surface area contributed by atoms with Crippen molar-refractivity contribution in [3.63, 3.8) is 0 Å². The van der Waals surface area contributed by atoms with Crippen LogP contribution < -0.4 is 10.1 Å². The molecule has 1 aromatic heterocycles. The molecule has 0 aliphatic carbocycles. The van der Waals surface area contributed by atoms with E-state index in [-0.39, 0.29) is 16.9 Å². The fraction of sp³-hybridized carbons (Fsp3) is 0.238. The Morgan fingerprint density at radius 2 is 1.87 bits per heavy atom. The monoisotopic (exact) mass is 498 g/mol. The maximum atomic E-state index is 13.3. The topological polar surface area (TPSA) is 84.6 Å². The van der Waals surface area contributed by atoms with Crippen LogP contribution in [-0.4, -0.2) is 23.5 Å². The van der Waals surface area contributed by atoms with Crippen LogP contribution in [0, 0.1) is 6.92 Å². The van der Waals surface area contributed by atoms with Crippen LogP contribution in [0.1, 0.15) is 29.3 Å². The van der Waals surface area contributed by atoms with Crippen molar-refractivity contribution >= 4 is 22.0 Å². The number of hydrogen-bond donors (Lipinski definition) is 2. The lowest BCUT2D eigenvalue weighted by Gasteiger charge is -2.31. The average Bonchev–Trinajstić information content (AvgIpc) is 3.08. The Bertz CT molecular complexity index is 1130. The highest BCUT2D eigenvalue weighted by atomic mass is 79.9. The van der Waals surface area contributed by atoms with Crippen molar-refractivity contribution in [3.8, 4) is 17.1 Å². The second-order valence-electron chi connectivity index (χ2n) is 6.95. The highest BCUT2D eigenvalue weighted by Crippen LogP contribution is 2.43. The third-order valence-electron chi connectivity index (χ3n) is 4.90. The van der Waals surface area contributed by atoms with Crippen LogP contribution in [0.15, 0.2) is 51.5 Å². The molecule has 10 heteroatoms. The Morgan fingerprint density at radius 1 is 1.19 bits per heavy atom. The second kappa shape index (κ2) is 8.26. The van der Waals surface area contributed by atoms with Gasteiger partial charge in [0, 0.05) is 4.47 Å². The number of alkyl halides is 3. The summed E-state index contributed by atoms with van der Waals surface area (Å²) in [7, 11) is 1.45. The summed E-state index contributed by atoms with van der Waals surface area (Å²) in [5.74, 6) is 0.587. The number of carboxylic acid groups (broad SMARTS) is 1. The Kier molecular flexibility index (Phi) is 6.04. The van der Waals surface area contributed by atoms with Crippen LogP contribution in [0.25, 0.3) is 11.3 Å². The van der Waals surface area contributed by atoms with Gasteiger partial charge in [-0.05, 0) is 49.7 Å². The number of nitrogens with one attached hydrogen (secondary N) is 1. The van der Waals surface area contributed by atoms with Crippen LogP contribution >= 0.6 is 15.9 Å². The molecule has 31 heavy (non-hydrogen) atoms. The van der Waals surface area contributed by atoms with E-state index in [2.05, 4.69) is 26.4 Å². The van der Waals surface area contributed by atoms with Gasteiger partial charge in [0.15, 0.2) is 5.76 Å². The number of aromatic nitrogens is 1. The molecule has 1 unspecified atom stereocenters. The van der Waals surface area contributed by atoms with E-state index in [0.29, 0.717) is 17.0 Å². The van der Waals surface area contributed by atoms with Gasteiger partial charge in [-0.2, -0.15) is 13.2 Å². The van der Waals surface area contributed by atoms with Gasteiger partial charge >= 0.3 is 12.3 Å². The summed E-state index contributed by atoms with van der Waals surface area (Å²) in [6, 6.07) is 9.56. The fourth-order valence-electron chi connectivity index (χ4n) is 3.49. The first-order valence-electron chi connectivity index (χ1n) is 8.97. The minimum Gasteiger partial charge on any atom is -0.496 e. The number of carbonyl (C=O) groups is 1. The number of rotatable bonds is 5. The molecule has 0 saturated carbocycles. The van der Waals surface area contributed by atoms with Crippen LogP contribution in [0.2, 0.25) is 0 Å². The van der Waals surface area contributed by atoms with Crippen molar-refractivity contribution in [1.82, 2.24) is 10.5 Å². The van der Waals surface area contributed by atoms with Gasteiger partial charge in [-0.25, -0.2) is 4.79 Å². The molecule has 3 aromatic rings. The van der Waals surface area contributed by atoms with Gasteiger partial charge in [0.05, 0.1) is 35.0 Å². The third-order valence-corrected chi connectivity index (χ3v) is 5.39. The standard InChI is InChI=1S/C21H18BrF3N2O4/c1-11-17(18(31-27-11)15-8-7-14(22)10-16(15)30-3)20(2,26-19(28)29)12-5-4-6-13(9-12)21(23,24)25/h4-10,26H,1-3H3,(H,28,29). The van der Waals surface area contributed by atoms with Crippen molar-refractivity contribution in [2.24, 2.45) is 0 Å². The normalized spacial score (nSPS) is 13.5. The molecule has 0 saturated heterocycles. The zero-order valence-electron chi connectivity index (χ0n) is 16.7. The summed E-state index contributed by atoms with van der Waals surface area (Å²) in [6.45, 7) is 3.05. The number of amides is 1. The summed E-state index contributed by atoms with van der Waals surface area (Å²) in [6.07, 6.45) is -6.02. The van der Waals surface area contributed by atoms with E-state index in [1.54, 1.807) is 25.1 Å². The van der Waals surface area contributed by atoms with Gasteiger partial charge in [-0.15, -0.1) is 0 Å². The summed E-state index contributed by atoms with van der Waals surface area (Å²) in [5.41, 5.74) is -1.38. The molecular formula is C21H18BrF3N2O4. The molecule has 0 spiro atoms. The van der Waals surface area contributed by atoms with Crippen molar-refractivity contribution < 1.29 is 32.3 Å². The van der Waals surface area contributed by atoms with Gasteiger partial charge in [0.2, 0.25) is 0 Å². The predicted molar refractivity (Wildman–Crippen MR) is 110 cm³/mol. The van der Waals surface area contributed by atoms with E-state index in [0.717, 1.165) is 16.6 Å². The lowest BCUT2D eigenvalue weighted by atomic mass is 9.81. The van der Waals surface area contributed by atoms with E-state index in [1.165, 1.54) is 26.2 Å². The molecule has 6 nitrogen and oxygen atoms in total. The predicted octanol–water partition coefficient (Wildman–Crippen LogP) is 5.97. The molecule has 0 bridgehead atoms. The summed E-state index contributed by atoms with van der Waals surface area (Å²) >= 11 is 3.35. The largest absolute Gasteiger partial charge is 0.496 e. The summed E-state index contributed by atoms with van der Waals surface area (Å²) in [4.78, 5) is 11.7. The highest BCUT2D eigenvalue weighted by Gasteiger charge is 2.40. The van der Waals surface area contributed by atoms with Gasteiger partial charge in [0.25, 0.3) is 0 Å². The van der Waals surface area contributed by atoms with E-state index in [1.807, 2.05) is 0 Å². The van der Waals surface area contributed by atoms with Crippen LogP contribution in [0.4, 0.5) is 18.0 Å². The van der Waals surface area contributed by atoms with Crippen molar-refractivity contribution in [1.29, 1.82) is 0 Å². The molecule has 0 radical (unpaired) electrons. The molecule has 164 valence electrons. The molecular weight excluding hydrogens is 481 g/mol. The van der Waals surface area contributed by atoms with Gasteiger partial charge in [-0.1, -0.05) is 33.2 Å². The number of halogens is 4. The van der Waals surface area contributed by atoms with Gasteiger partial charge in [0.1, 0.15) is 5.75 Å².